The van der Waals surface area contributed by atoms with E-state index in [0.29, 0.717) is 19.6 Å². The number of rotatable bonds is 10. The monoisotopic (exact) mass is 349 g/mol. The number of methoxy groups -OCH3 is 1. The molecule has 1 aromatic rings. The van der Waals surface area contributed by atoms with E-state index in [9.17, 15) is 4.79 Å². The smallest absolute Gasteiger partial charge is 0.305 e. The van der Waals surface area contributed by atoms with Crippen molar-refractivity contribution in [3.63, 3.8) is 0 Å². The zero-order valence-corrected chi connectivity index (χ0v) is 15.9. The second kappa shape index (κ2) is 12.2. The minimum absolute atomic E-state index is 0.163. The van der Waals surface area contributed by atoms with Crippen LogP contribution >= 0.6 is 0 Å². The third-order valence-electron chi connectivity index (χ3n) is 3.63. The first-order valence-electron chi connectivity index (χ1n) is 8.88. The van der Waals surface area contributed by atoms with Crippen molar-refractivity contribution in [1.82, 2.24) is 10.2 Å². The zero-order valence-electron chi connectivity index (χ0n) is 15.9. The highest BCUT2D eigenvalue weighted by molar-refractivity contribution is 5.79. The van der Waals surface area contributed by atoms with E-state index in [2.05, 4.69) is 39.0 Å². The van der Waals surface area contributed by atoms with Crippen molar-refractivity contribution in [2.45, 2.75) is 39.7 Å². The van der Waals surface area contributed by atoms with Crippen LogP contribution in [-0.4, -0.2) is 50.7 Å². The first-order chi connectivity index (χ1) is 12.1. The molecule has 0 unspecified atom stereocenters. The molecule has 0 heterocycles. The quantitative estimate of drug-likeness (QED) is 0.305. The Hall–Kier alpha value is -2.24. The van der Waals surface area contributed by atoms with Crippen LogP contribution in [-0.2, 0) is 16.1 Å². The highest BCUT2D eigenvalue weighted by atomic mass is 16.5. The topological polar surface area (TPSA) is 63.2 Å². The summed E-state index contributed by atoms with van der Waals surface area (Å²) in [6.45, 7) is 6.97. The fourth-order valence-electron chi connectivity index (χ4n) is 2.34. The molecule has 6 nitrogen and oxygen atoms in total. The molecule has 0 spiro atoms. The Labute approximate surface area is 151 Å². The molecular weight excluding hydrogens is 318 g/mol. The summed E-state index contributed by atoms with van der Waals surface area (Å²) in [6.07, 6.45) is 2.10. The maximum absolute atomic E-state index is 11.1. The molecule has 140 valence electrons. The van der Waals surface area contributed by atoms with Crippen LogP contribution in [0.15, 0.2) is 29.3 Å². The minimum atomic E-state index is -0.163. The Balaban J connectivity index is 2.52. The van der Waals surface area contributed by atoms with Crippen LogP contribution < -0.4 is 10.1 Å². The fourth-order valence-corrected chi connectivity index (χ4v) is 2.34. The van der Waals surface area contributed by atoms with Crippen LogP contribution in [0.2, 0.25) is 0 Å². The lowest BCUT2D eigenvalue weighted by Gasteiger charge is -2.22. The number of unbranched alkanes of at least 4 members (excludes halogenated alkanes) is 1. The SMILES string of the molecule is CCNC(=NCCCCC(=O)OC)N(C)Cc1ccc(OCC)cc1. The summed E-state index contributed by atoms with van der Waals surface area (Å²) < 4.78 is 10.1. The first-order valence-corrected chi connectivity index (χ1v) is 8.88. The second-order valence-electron chi connectivity index (χ2n) is 5.70. The number of nitrogens with one attached hydrogen (secondary N) is 1. The maximum Gasteiger partial charge on any atom is 0.305 e. The van der Waals surface area contributed by atoms with E-state index in [1.807, 2.05) is 26.1 Å². The van der Waals surface area contributed by atoms with E-state index in [-0.39, 0.29) is 5.97 Å². The van der Waals surface area contributed by atoms with Gasteiger partial charge in [0.15, 0.2) is 5.96 Å². The Morgan fingerprint density at radius 1 is 1.20 bits per heavy atom. The largest absolute Gasteiger partial charge is 0.494 e. The zero-order chi connectivity index (χ0) is 18.5. The predicted molar refractivity (Wildman–Crippen MR) is 101 cm³/mol. The molecule has 25 heavy (non-hydrogen) atoms. The predicted octanol–water partition coefficient (Wildman–Crippen LogP) is 2.83. The summed E-state index contributed by atoms with van der Waals surface area (Å²) in [4.78, 5) is 17.8. The van der Waals surface area contributed by atoms with Crippen molar-refractivity contribution in [3.8, 4) is 5.75 Å². The average Bonchev–Trinajstić information content (AvgIpc) is 2.62. The molecule has 1 rings (SSSR count). The van der Waals surface area contributed by atoms with Gasteiger partial charge in [0.25, 0.3) is 0 Å². The van der Waals surface area contributed by atoms with Gasteiger partial charge in [-0.2, -0.15) is 0 Å². The van der Waals surface area contributed by atoms with E-state index in [4.69, 9.17) is 4.74 Å². The third-order valence-corrected chi connectivity index (χ3v) is 3.63. The van der Waals surface area contributed by atoms with Gasteiger partial charge in [-0.05, 0) is 44.4 Å². The molecular formula is C19H31N3O3. The van der Waals surface area contributed by atoms with Crippen molar-refractivity contribution in [3.05, 3.63) is 29.8 Å². The Kier molecular flexibility index (Phi) is 10.1. The highest BCUT2D eigenvalue weighted by Gasteiger charge is 2.07. The average molecular weight is 349 g/mol. The first kappa shape index (κ1) is 20.8. The molecule has 0 aromatic heterocycles. The number of carbonyl (C=O) groups is 1. The van der Waals surface area contributed by atoms with Crippen molar-refractivity contribution < 1.29 is 14.3 Å². The Morgan fingerprint density at radius 3 is 2.52 bits per heavy atom. The van der Waals surface area contributed by atoms with Crippen LogP contribution in [0.5, 0.6) is 5.75 Å². The molecule has 0 amide bonds. The third kappa shape index (κ3) is 8.42. The number of nitrogens with zero attached hydrogens (tertiary/aromatic N) is 2. The van der Waals surface area contributed by atoms with E-state index < -0.39 is 0 Å². The molecule has 1 aromatic carbocycles. The minimum Gasteiger partial charge on any atom is -0.494 e. The van der Waals surface area contributed by atoms with Gasteiger partial charge in [0.2, 0.25) is 0 Å². The van der Waals surface area contributed by atoms with Crippen molar-refractivity contribution in [2.24, 2.45) is 4.99 Å². The standard InChI is InChI=1S/C19H31N3O3/c1-5-20-19(21-14-8-7-9-18(23)24-4)22(3)15-16-10-12-17(13-11-16)25-6-2/h10-13H,5-9,14-15H2,1-4H3,(H,20,21). The number of esters is 1. The highest BCUT2D eigenvalue weighted by Crippen LogP contribution is 2.13. The van der Waals surface area contributed by atoms with E-state index in [1.165, 1.54) is 12.7 Å². The lowest BCUT2D eigenvalue weighted by Crippen LogP contribution is -2.38. The normalized spacial score (nSPS) is 11.1. The number of guanidine groups is 1. The summed E-state index contributed by atoms with van der Waals surface area (Å²) >= 11 is 0. The van der Waals surface area contributed by atoms with Crippen LogP contribution in [0.1, 0.15) is 38.7 Å². The van der Waals surface area contributed by atoms with Gasteiger partial charge in [0, 0.05) is 33.1 Å². The molecule has 0 saturated heterocycles. The summed E-state index contributed by atoms with van der Waals surface area (Å²) in [5, 5.41) is 3.30. The lowest BCUT2D eigenvalue weighted by molar-refractivity contribution is -0.140. The van der Waals surface area contributed by atoms with Gasteiger partial charge in [0.1, 0.15) is 5.75 Å². The molecule has 0 aliphatic rings. The van der Waals surface area contributed by atoms with Crippen LogP contribution in [0, 0.1) is 0 Å². The molecule has 6 heteroatoms. The van der Waals surface area contributed by atoms with Gasteiger partial charge in [-0.15, -0.1) is 0 Å². The molecule has 1 N–H and O–H groups in total. The molecule has 0 aliphatic heterocycles. The van der Waals surface area contributed by atoms with Crippen molar-refractivity contribution in [1.29, 1.82) is 0 Å². The summed E-state index contributed by atoms with van der Waals surface area (Å²) in [5.74, 6) is 1.60. The maximum atomic E-state index is 11.1. The Morgan fingerprint density at radius 2 is 1.92 bits per heavy atom. The van der Waals surface area contributed by atoms with Gasteiger partial charge >= 0.3 is 5.97 Å². The Bertz CT molecular complexity index is 529. The van der Waals surface area contributed by atoms with E-state index in [1.54, 1.807) is 0 Å². The van der Waals surface area contributed by atoms with Crippen molar-refractivity contribution >= 4 is 11.9 Å². The van der Waals surface area contributed by atoms with Gasteiger partial charge in [-0.3, -0.25) is 9.79 Å². The molecule has 0 bridgehead atoms. The number of benzene rings is 1. The van der Waals surface area contributed by atoms with Gasteiger partial charge in [-0.1, -0.05) is 12.1 Å². The van der Waals surface area contributed by atoms with Crippen LogP contribution in [0.4, 0.5) is 0 Å². The van der Waals surface area contributed by atoms with E-state index >= 15 is 0 Å². The number of hydrogen-bond acceptors (Lipinski definition) is 4. The molecule has 0 radical (unpaired) electrons. The number of ether oxygens (including phenoxy) is 2. The summed E-state index contributed by atoms with van der Waals surface area (Å²) in [5.41, 5.74) is 1.20. The van der Waals surface area contributed by atoms with Crippen molar-refractivity contribution in [2.75, 3.05) is 33.9 Å². The van der Waals surface area contributed by atoms with Crippen LogP contribution in [0.3, 0.4) is 0 Å². The fraction of sp³-hybridized carbons (Fsp3) is 0.579. The molecule has 0 aliphatic carbocycles. The lowest BCUT2D eigenvalue weighted by atomic mass is 10.2. The van der Waals surface area contributed by atoms with Gasteiger partial charge in [-0.25, -0.2) is 0 Å². The molecule has 0 atom stereocenters. The number of aliphatic imine (C=N–C) groups is 1. The van der Waals surface area contributed by atoms with Crippen LogP contribution in [0.25, 0.3) is 0 Å². The number of carbonyl (C=O) groups excluding carboxylic acids is 1. The molecule has 0 fully saturated rings. The van der Waals surface area contributed by atoms with E-state index in [0.717, 1.165) is 37.6 Å². The number of hydrogen-bond donors (Lipinski definition) is 1. The second-order valence-corrected chi connectivity index (χ2v) is 5.70. The molecule has 0 saturated carbocycles. The van der Waals surface area contributed by atoms with Gasteiger partial charge in [0.05, 0.1) is 13.7 Å². The van der Waals surface area contributed by atoms with Gasteiger partial charge < -0.3 is 19.7 Å². The summed E-state index contributed by atoms with van der Waals surface area (Å²) in [7, 11) is 3.44. The summed E-state index contributed by atoms with van der Waals surface area (Å²) in [6, 6.07) is 8.12.